The molecule has 1 aliphatic rings. The maximum atomic E-state index is 11.8. The Kier molecular flexibility index (Phi) is 1.24. The second kappa shape index (κ2) is 1.62. The summed E-state index contributed by atoms with van der Waals surface area (Å²) in [5.41, 5.74) is -1.77. The molecule has 9 heavy (non-hydrogen) atoms. The van der Waals surface area contributed by atoms with Crippen molar-refractivity contribution in [1.82, 2.24) is 0 Å². The second-order valence-electron chi connectivity index (χ2n) is 2.20. The standard InChI is InChI=1S/C5H7F3O/c1-9-4(2-3-4)5(6,7)8/h2-3H2,1H3. The number of ether oxygens (including phenoxy) is 1. The molecule has 0 N–H and O–H groups in total. The van der Waals surface area contributed by atoms with Crippen LogP contribution < -0.4 is 0 Å². The molecule has 1 fully saturated rings. The molecule has 0 aromatic heterocycles. The van der Waals surface area contributed by atoms with E-state index in [9.17, 15) is 13.2 Å². The van der Waals surface area contributed by atoms with E-state index in [4.69, 9.17) is 0 Å². The van der Waals surface area contributed by atoms with Gasteiger partial charge in [-0.1, -0.05) is 0 Å². The van der Waals surface area contributed by atoms with Crippen LogP contribution in [-0.4, -0.2) is 18.9 Å². The number of hydrogen-bond acceptors (Lipinski definition) is 1. The first kappa shape index (κ1) is 6.86. The van der Waals surface area contributed by atoms with Gasteiger partial charge in [0.1, 0.15) is 0 Å². The third-order valence-corrected chi connectivity index (χ3v) is 1.61. The van der Waals surface area contributed by atoms with Crippen molar-refractivity contribution in [3.63, 3.8) is 0 Å². The SMILES string of the molecule is COC1(C(F)(F)F)CC1. The van der Waals surface area contributed by atoms with E-state index in [1.165, 1.54) is 0 Å². The topological polar surface area (TPSA) is 9.23 Å². The summed E-state index contributed by atoms with van der Waals surface area (Å²) in [5, 5.41) is 0. The number of methoxy groups -OCH3 is 1. The zero-order valence-corrected chi connectivity index (χ0v) is 4.96. The van der Waals surface area contributed by atoms with Gasteiger partial charge in [0, 0.05) is 7.11 Å². The van der Waals surface area contributed by atoms with Gasteiger partial charge in [0.25, 0.3) is 0 Å². The highest BCUT2D eigenvalue weighted by Gasteiger charge is 2.64. The first-order chi connectivity index (χ1) is 4.02. The summed E-state index contributed by atoms with van der Waals surface area (Å²) in [6, 6.07) is 0. The Hall–Kier alpha value is -0.250. The van der Waals surface area contributed by atoms with Crippen LogP contribution in [0.5, 0.6) is 0 Å². The molecule has 1 saturated carbocycles. The number of rotatable bonds is 1. The van der Waals surface area contributed by atoms with Crippen molar-refractivity contribution in [1.29, 1.82) is 0 Å². The number of halogens is 3. The van der Waals surface area contributed by atoms with Gasteiger partial charge in [-0.15, -0.1) is 0 Å². The molecule has 0 bridgehead atoms. The lowest BCUT2D eigenvalue weighted by molar-refractivity contribution is -0.227. The van der Waals surface area contributed by atoms with Gasteiger partial charge < -0.3 is 4.74 Å². The molecule has 0 heterocycles. The summed E-state index contributed by atoms with van der Waals surface area (Å²) in [6.07, 6.45) is -3.93. The smallest absolute Gasteiger partial charge is 0.369 e. The van der Waals surface area contributed by atoms with Crippen molar-refractivity contribution < 1.29 is 17.9 Å². The molecular weight excluding hydrogens is 133 g/mol. The number of alkyl halides is 3. The predicted octanol–water partition coefficient (Wildman–Crippen LogP) is 1.73. The molecule has 0 spiro atoms. The van der Waals surface area contributed by atoms with Crippen molar-refractivity contribution in [3.05, 3.63) is 0 Å². The third-order valence-electron chi connectivity index (χ3n) is 1.61. The molecule has 0 aliphatic heterocycles. The average Bonchev–Trinajstić information content (AvgIpc) is 2.40. The van der Waals surface area contributed by atoms with Crippen LogP contribution in [0.3, 0.4) is 0 Å². The quantitative estimate of drug-likeness (QED) is 0.539. The molecule has 0 aromatic carbocycles. The summed E-state index contributed by atoms with van der Waals surface area (Å²) in [4.78, 5) is 0. The molecule has 4 heteroatoms. The molecule has 1 aliphatic carbocycles. The van der Waals surface area contributed by atoms with Crippen LogP contribution in [0.1, 0.15) is 12.8 Å². The Labute approximate surface area is 50.8 Å². The van der Waals surface area contributed by atoms with Crippen molar-refractivity contribution in [2.24, 2.45) is 0 Å². The Morgan fingerprint density at radius 1 is 1.33 bits per heavy atom. The monoisotopic (exact) mass is 140 g/mol. The molecule has 1 rings (SSSR count). The van der Waals surface area contributed by atoms with Gasteiger partial charge in [0.15, 0.2) is 5.60 Å². The fraction of sp³-hybridized carbons (Fsp3) is 1.00. The van der Waals surface area contributed by atoms with Gasteiger partial charge >= 0.3 is 6.18 Å². The molecule has 0 amide bonds. The molecule has 54 valence electrons. The summed E-state index contributed by atoms with van der Waals surface area (Å²) in [6.45, 7) is 0. The van der Waals surface area contributed by atoms with Gasteiger partial charge in [0.2, 0.25) is 0 Å². The van der Waals surface area contributed by atoms with Gasteiger partial charge in [-0.3, -0.25) is 0 Å². The maximum absolute atomic E-state index is 11.8. The van der Waals surface area contributed by atoms with Gasteiger partial charge in [-0.2, -0.15) is 13.2 Å². The molecule has 0 unspecified atom stereocenters. The van der Waals surface area contributed by atoms with E-state index in [2.05, 4.69) is 4.74 Å². The molecule has 0 saturated heterocycles. The largest absolute Gasteiger partial charge is 0.417 e. The fourth-order valence-corrected chi connectivity index (χ4v) is 0.717. The fourth-order valence-electron chi connectivity index (χ4n) is 0.717. The second-order valence-corrected chi connectivity index (χ2v) is 2.20. The Balaban J connectivity index is 2.60. The van der Waals surface area contributed by atoms with E-state index >= 15 is 0 Å². The van der Waals surface area contributed by atoms with Crippen molar-refractivity contribution >= 4 is 0 Å². The zero-order chi connectivity index (χ0) is 7.12. The van der Waals surface area contributed by atoms with Crippen molar-refractivity contribution in [2.75, 3.05) is 7.11 Å². The zero-order valence-electron chi connectivity index (χ0n) is 4.96. The lowest BCUT2D eigenvalue weighted by atomic mass is 10.3. The van der Waals surface area contributed by atoms with Crippen LogP contribution in [0.15, 0.2) is 0 Å². The van der Waals surface area contributed by atoms with E-state index < -0.39 is 11.8 Å². The first-order valence-electron chi connectivity index (χ1n) is 2.64. The number of hydrogen-bond donors (Lipinski definition) is 0. The van der Waals surface area contributed by atoms with E-state index in [1.54, 1.807) is 0 Å². The highest BCUT2D eigenvalue weighted by atomic mass is 19.4. The minimum Gasteiger partial charge on any atom is -0.369 e. The summed E-state index contributed by atoms with van der Waals surface area (Å²) < 4.78 is 39.6. The predicted molar refractivity (Wildman–Crippen MR) is 25.0 cm³/mol. The molecule has 0 radical (unpaired) electrons. The maximum Gasteiger partial charge on any atom is 0.417 e. The highest BCUT2D eigenvalue weighted by molar-refractivity contribution is 5.01. The average molecular weight is 140 g/mol. The van der Waals surface area contributed by atoms with Gasteiger partial charge in [0.05, 0.1) is 0 Å². The van der Waals surface area contributed by atoms with E-state index in [1.807, 2.05) is 0 Å². The Bertz CT molecular complexity index is 114. The van der Waals surface area contributed by atoms with E-state index in [0.29, 0.717) is 0 Å². The molecule has 1 nitrogen and oxygen atoms in total. The molecule has 0 aromatic rings. The lowest BCUT2D eigenvalue weighted by Crippen LogP contribution is -2.32. The first-order valence-corrected chi connectivity index (χ1v) is 2.64. The minimum absolute atomic E-state index is 0.118. The molecular formula is C5H7F3O. The van der Waals surface area contributed by atoms with Crippen LogP contribution in [-0.2, 0) is 4.74 Å². The minimum atomic E-state index is -4.16. The van der Waals surface area contributed by atoms with E-state index in [0.717, 1.165) is 7.11 Å². The van der Waals surface area contributed by atoms with Crippen molar-refractivity contribution in [3.8, 4) is 0 Å². The van der Waals surface area contributed by atoms with Gasteiger partial charge in [-0.05, 0) is 12.8 Å². The van der Waals surface area contributed by atoms with Crippen LogP contribution in [0.25, 0.3) is 0 Å². The Morgan fingerprint density at radius 2 is 1.78 bits per heavy atom. The lowest BCUT2D eigenvalue weighted by Gasteiger charge is -2.16. The van der Waals surface area contributed by atoms with Crippen LogP contribution in [0.4, 0.5) is 13.2 Å². The molecule has 0 atom stereocenters. The van der Waals surface area contributed by atoms with Crippen LogP contribution >= 0.6 is 0 Å². The van der Waals surface area contributed by atoms with Gasteiger partial charge in [-0.25, -0.2) is 0 Å². The Morgan fingerprint density at radius 3 is 1.78 bits per heavy atom. The summed E-state index contributed by atoms with van der Waals surface area (Å²) >= 11 is 0. The normalized spacial score (nSPS) is 24.0. The summed E-state index contributed by atoms with van der Waals surface area (Å²) in [7, 11) is 1.10. The van der Waals surface area contributed by atoms with E-state index in [-0.39, 0.29) is 12.8 Å². The van der Waals surface area contributed by atoms with Crippen molar-refractivity contribution in [2.45, 2.75) is 24.6 Å². The summed E-state index contributed by atoms with van der Waals surface area (Å²) in [5.74, 6) is 0. The highest BCUT2D eigenvalue weighted by Crippen LogP contribution is 2.51. The van der Waals surface area contributed by atoms with Crippen LogP contribution in [0, 0.1) is 0 Å². The third kappa shape index (κ3) is 0.913. The van der Waals surface area contributed by atoms with Crippen LogP contribution in [0.2, 0.25) is 0 Å².